The summed E-state index contributed by atoms with van der Waals surface area (Å²) < 4.78 is 30.2. The number of nitrogens with one attached hydrogen (secondary N) is 1. The summed E-state index contributed by atoms with van der Waals surface area (Å²) in [6.45, 7) is 0. The molecule has 4 rings (SSSR count). The number of azo groups is 1. The van der Waals surface area contributed by atoms with Crippen LogP contribution in [0.15, 0.2) is 52.8 Å². The Balaban J connectivity index is 1.96. The van der Waals surface area contributed by atoms with Crippen molar-refractivity contribution in [2.75, 3.05) is 11.0 Å². The van der Waals surface area contributed by atoms with Gasteiger partial charge in [0.25, 0.3) is 5.91 Å². The van der Waals surface area contributed by atoms with E-state index in [4.69, 9.17) is 5.73 Å². The lowest BCUT2D eigenvalue weighted by molar-refractivity contribution is 0.0998. The van der Waals surface area contributed by atoms with Crippen LogP contribution in [0.5, 0.6) is 5.75 Å². The zero-order valence-electron chi connectivity index (χ0n) is 15.4. The van der Waals surface area contributed by atoms with E-state index in [-0.39, 0.29) is 33.5 Å². The van der Waals surface area contributed by atoms with Gasteiger partial charge in [0.05, 0.1) is 28.6 Å². The van der Waals surface area contributed by atoms with Gasteiger partial charge in [-0.15, -0.1) is 10.2 Å². The van der Waals surface area contributed by atoms with E-state index in [1.807, 2.05) is 0 Å². The molecule has 0 unspecified atom stereocenters. The molecule has 2 heterocycles. The molecule has 0 aliphatic carbocycles. The molecule has 2 aromatic carbocycles. The number of aromatic nitrogens is 2. The largest absolute Gasteiger partial charge is 0.506 e. The molecule has 0 atom stereocenters. The van der Waals surface area contributed by atoms with Gasteiger partial charge in [0.1, 0.15) is 5.75 Å². The van der Waals surface area contributed by atoms with E-state index in [0.29, 0.717) is 16.0 Å². The van der Waals surface area contributed by atoms with Crippen molar-refractivity contribution in [3.8, 4) is 5.75 Å². The predicted octanol–water partition coefficient (Wildman–Crippen LogP) is 3.44. The molecule has 2 aromatic heterocycles. The summed E-state index contributed by atoms with van der Waals surface area (Å²) in [6.07, 6.45) is 2.61. The van der Waals surface area contributed by atoms with E-state index in [9.17, 15) is 18.3 Å². The van der Waals surface area contributed by atoms with Gasteiger partial charge in [0.2, 0.25) is 10.0 Å². The number of anilines is 1. The van der Waals surface area contributed by atoms with Crippen LogP contribution in [0.25, 0.3) is 21.8 Å². The van der Waals surface area contributed by atoms with Gasteiger partial charge in [-0.1, -0.05) is 12.1 Å². The number of hydrogen-bond donors (Lipinski definition) is 3. The molecule has 0 saturated heterocycles. The van der Waals surface area contributed by atoms with Crippen LogP contribution in [0.3, 0.4) is 0 Å². The minimum absolute atomic E-state index is 0.147. The predicted molar refractivity (Wildman–Crippen MR) is 114 cm³/mol. The van der Waals surface area contributed by atoms with E-state index >= 15 is 0 Å². The Kier molecular flexibility index (Phi) is 4.79. The van der Waals surface area contributed by atoms with E-state index in [1.54, 1.807) is 18.3 Å². The molecule has 0 radical (unpaired) electrons. The first kappa shape index (κ1) is 19.7. The Morgan fingerprint density at radius 2 is 1.97 bits per heavy atom. The number of amides is 1. The van der Waals surface area contributed by atoms with Crippen LogP contribution in [0, 0.1) is 0 Å². The first-order valence-corrected chi connectivity index (χ1v) is 11.1. The van der Waals surface area contributed by atoms with Gasteiger partial charge in [-0.25, -0.2) is 13.4 Å². The van der Waals surface area contributed by atoms with E-state index in [2.05, 4.69) is 24.3 Å². The number of primary amides is 1. The molecule has 0 saturated carbocycles. The summed E-state index contributed by atoms with van der Waals surface area (Å²) in [5, 5.41) is 20.6. The fraction of sp³-hybridized carbons (Fsp3) is 0.0556. The first-order valence-electron chi connectivity index (χ1n) is 8.43. The number of benzene rings is 2. The Morgan fingerprint density at radius 1 is 1.20 bits per heavy atom. The Hall–Kier alpha value is -3.64. The molecular formula is C18H14N6O4S2. The van der Waals surface area contributed by atoms with Crippen molar-refractivity contribution < 1.29 is 18.3 Å². The second-order valence-corrected chi connectivity index (χ2v) is 8.82. The number of fused-ring (bicyclic) bond motifs is 2. The number of carbonyl (C=O) groups is 1. The van der Waals surface area contributed by atoms with Crippen molar-refractivity contribution in [3.05, 3.63) is 48.2 Å². The molecule has 1 amide bonds. The SMILES string of the molecule is CS(=O)(=O)Nc1cccc2c(O)c(C(N)=O)cc(N=Nc3snc4ncccc34)c12. The molecule has 0 bridgehead atoms. The van der Waals surface area contributed by atoms with Crippen molar-refractivity contribution in [2.45, 2.75) is 0 Å². The van der Waals surface area contributed by atoms with E-state index in [1.165, 1.54) is 24.3 Å². The summed E-state index contributed by atoms with van der Waals surface area (Å²) in [6, 6.07) is 9.36. The molecule has 0 spiro atoms. The Labute approximate surface area is 174 Å². The summed E-state index contributed by atoms with van der Waals surface area (Å²) in [7, 11) is -3.62. The average molecular weight is 442 g/mol. The number of nitrogens with zero attached hydrogens (tertiary/aromatic N) is 4. The number of rotatable bonds is 5. The smallest absolute Gasteiger partial charge is 0.252 e. The highest BCUT2D eigenvalue weighted by Crippen LogP contribution is 2.41. The average Bonchev–Trinajstić information content (AvgIpc) is 3.09. The van der Waals surface area contributed by atoms with Crippen molar-refractivity contribution in [2.24, 2.45) is 16.0 Å². The third-order valence-corrected chi connectivity index (χ3v) is 5.49. The maximum absolute atomic E-state index is 11.8. The quantitative estimate of drug-likeness (QED) is 0.401. The van der Waals surface area contributed by atoms with Crippen molar-refractivity contribution in [3.63, 3.8) is 0 Å². The van der Waals surface area contributed by atoms with Crippen LogP contribution in [0.4, 0.5) is 16.4 Å². The maximum atomic E-state index is 11.8. The van der Waals surface area contributed by atoms with Gasteiger partial charge in [0, 0.05) is 17.0 Å². The minimum atomic E-state index is -3.62. The van der Waals surface area contributed by atoms with Crippen LogP contribution in [0.1, 0.15) is 10.4 Å². The molecule has 10 nitrogen and oxygen atoms in total. The molecule has 152 valence electrons. The molecule has 0 aliphatic rings. The van der Waals surface area contributed by atoms with Crippen molar-refractivity contribution in [1.29, 1.82) is 0 Å². The molecule has 0 fully saturated rings. The van der Waals surface area contributed by atoms with Gasteiger partial charge >= 0.3 is 0 Å². The van der Waals surface area contributed by atoms with Crippen LogP contribution in [0.2, 0.25) is 0 Å². The minimum Gasteiger partial charge on any atom is -0.506 e. The molecule has 30 heavy (non-hydrogen) atoms. The highest BCUT2D eigenvalue weighted by molar-refractivity contribution is 7.92. The molecule has 0 aliphatic heterocycles. The second-order valence-electron chi connectivity index (χ2n) is 6.32. The lowest BCUT2D eigenvalue weighted by atomic mass is 10.0. The maximum Gasteiger partial charge on any atom is 0.252 e. The highest BCUT2D eigenvalue weighted by Gasteiger charge is 2.19. The number of sulfonamides is 1. The standard InChI is InChI=1S/C18H14N6O4S2/c1-30(27,28)24-12-6-2-4-9-14(12)13(8-11(15(9)25)16(19)26)21-22-18-10-5-3-7-20-17(10)23-29-18/h2-8,24-25H,1H3,(H2,19,26). The topological polar surface area (TPSA) is 160 Å². The van der Waals surface area contributed by atoms with Crippen molar-refractivity contribution in [1.82, 2.24) is 9.36 Å². The lowest BCUT2D eigenvalue weighted by Crippen LogP contribution is -2.12. The number of hydrogen-bond acceptors (Lipinski definition) is 9. The number of nitrogens with two attached hydrogens (primary N) is 1. The summed E-state index contributed by atoms with van der Waals surface area (Å²) >= 11 is 1.09. The second kappa shape index (κ2) is 7.31. The van der Waals surface area contributed by atoms with Gasteiger partial charge in [-0.3, -0.25) is 9.52 Å². The zero-order valence-corrected chi connectivity index (χ0v) is 17.0. The normalized spacial score (nSPS) is 12.0. The molecular weight excluding hydrogens is 428 g/mol. The van der Waals surface area contributed by atoms with Crippen LogP contribution < -0.4 is 10.5 Å². The summed E-state index contributed by atoms with van der Waals surface area (Å²) in [4.78, 5) is 15.9. The van der Waals surface area contributed by atoms with Crippen LogP contribution in [-0.2, 0) is 10.0 Å². The summed E-state index contributed by atoms with van der Waals surface area (Å²) in [5.74, 6) is -1.24. The molecule has 12 heteroatoms. The van der Waals surface area contributed by atoms with Gasteiger partial charge in [-0.05, 0) is 35.8 Å². The van der Waals surface area contributed by atoms with Gasteiger partial charge < -0.3 is 10.8 Å². The summed E-state index contributed by atoms with van der Waals surface area (Å²) in [5.41, 5.74) is 6.05. The molecule has 4 aromatic rings. The van der Waals surface area contributed by atoms with Crippen LogP contribution in [-0.4, -0.2) is 35.0 Å². The fourth-order valence-corrected chi connectivity index (χ4v) is 4.17. The van der Waals surface area contributed by atoms with E-state index < -0.39 is 15.9 Å². The monoisotopic (exact) mass is 442 g/mol. The first-order chi connectivity index (χ1) is 14.2. The van der Waals surface area contributed by atoms with Crippen molar-refractivity contribution >= 4 is 65.6 Å². The lowest BCUT2D eigenvalue weighted by Gasteiger charge is -2.13. The Morgan fingerprint density at radius 3 is 2.70 bits per heavy atom. The number of pyridine rings is 1. The zero-order chi connectivity index (χ0) is 21.5. The third kappa shape index (κ3) is 3.65. The van der Waals surface area contributed by atoms with Gasteiger partial charge in [-0.2, -0.15) is 4.37 Å². The Bertz CT molecular complexity index is 1450. The number of aromatic hydroxyl groups is 1. The number of carbonyl (C=O) groups excluding carboxylic acids is 1. The third-order valence-electron chi connectivity index (χ3n) is 4.16. The van der Waals surface area contributed by atoms with Gasteiger partial charge in [0.15, 0.2) is 10.6 Å². The highest BCUT2D eigenvalue weighted by atomic mass is 32.2. The van der Waals surface area contributed by atoms with Crippen LogP contribution >= 0.6 is 11.5 Å². The fourth-order valence-electron chi connectivity index (χ4n) is 2.94. The number of phenols is 1. The van der Waals surface area contributed by atoms with E-state index in [0.717, 1.165) is 17.8 Å². The molecule has 4 N–H and O–H groups in total.